The molecule has 2 heteroatoms. The van der Waals surface area contributed by atoms with Gasteiger partial charge in [0.15, 0.2) is 0 Å². The van der Waals surface area contributed by atoms with Gasteiger partial charge in [-0.3, -0.25) is 0 Å². The van der Waals surface area contributed by atoms with Gasteiger partial charge in [0, 0.05) is 36.8 Å². The fourth-order valence-electron chi connectivity index (χ4n) is 3.70. The van der Waals surface area contributed by atoms with Crippen molar-refractivity contribution in [1.82, 2.24) is 9.47 Å². The monoisotopic (exact) mass is 316 g/mol. The molecule has 24 heavy (non-hydrogen) atoms. The second kappa shape index (κ2) is 6.29. The van der Waals surface area contributed by atoms with Crippen molar-refractivity contribution < 1.29 is 0 Å². The molecule has 0 saturated heterocycles. The third-order valence-electron chi connectivity index (χ3n) is 5.07. The minimum Gasteiger partial charge on any atom is -0.320 e. The third-order valence-corrected chi connectivity index (χ3v) is 5.07. The Labute approximate surface area is 144 Å². The quantitative estimate of drug-likeness (QED) is 0.670. The van der Waals surface area contributed by atoms with Crippen molar-refractivity contribution in [2.75, 3.05) is 20.1 Å². The number of fused-ring (bicyclic) bond motifs is 3. The van der Waals surface area contributed by atoms with E-state index < -0.39 is 0 Å². The molecule has 2 nitrogen and oxygen atoms in total. The molecule has 0 amide bonds. The second-order valence-corrected chi connectivity index (χ2v) is 6.85. The summed E-state index contributed by atoms with van der Waals surface area (Å²) in [5, 5.41) is 1.43. The first-order valence-corrected chi connectivity index (χ1v) is 8.76. The largest absolute Gasteiger partial charge is 0.320 e. The average molecular weight is 316 g/mol. The highest BCUT2D eigenvalue weighted by atomic mass is 15.1. The lowest BCUT2D eigenvalue weighted by atomic mass is 10.1. The molecule has 0 radical (unpaired) electrons. The summed E-state index contributed by atoms with van der Waals surface area (Å²) in [4.78, 5) is 2.44. The number of aromatic nitrogens is 1. The first kappa shape index (κ1) is 15.2. The molecule has 0 saturated carbocycles. The van der Waals surface area contributed by atoms with Crippen LogP contribution in [-0.2, 0) is 12.8 Å². The molecule has 1 aliphatic rings. The number of benzene rings is 2. The Morgan fingerprint density at radius 2 is 1.75 bits per heavy atom. The lowest BCUT2D eigenvalue weighted by Gasteiger charge is -2.12. The highest BCUT2D eigenvalue weighted by molar-refractivity contribution is 5.89. The molecule has 0 atom stereocenters. The molecular weight excluding hydrogens is 292 g/mol. The summed E-state index contributed by atoms with van der Waals surface area (Å²) in [6.07, 6.45) is 6.71. The predicted molar refractivity (Wildman–Crippen MR) is 103 cm³/mol. The normalized spacial score (nSPS) is 15.8. The van der Waals surface area contributed by atoms with Gasteiger partial charge in [0.1, 0.15) is 0 Å². The summed E-state index contributed by atoms with van der Waals surface area (Å²) < 4.78 is 2.41. The van der Waals surface area contributed by atoms with Crippen LogP contribution >= 0.6 is 0 Å². The first-order chi connectivity index (χ1) is 11.7. The zero-order chi connectivity index (χ0) is 16.5. The van der Waals surface area contributed by atoms with Gasteiger partial charge < -0.3 is 9.47 Å². The highest BCUT2D eigenvalue weighted by Crippen LogP contribution is 2.30. The molecule has 0 spiro atoms. The molecule has 2 heterocycles. The minimum atomic E-state index is 1.11. The molecule has 0 aliphatic carbocycles. The molecule has 1 aromatic heterocycles. The van der Waals surface area contributed by atoms with E-state index in [-0.39, 0.29) is 0 Å². The number of likely N-dealkylation sites (N-methyl/N-ethyl adjacent to an activating group) is 1. The molecule has 0 fully saturated rings. The van der Waals surface area contributed by atoms with Gasteiger partial charge in [-0.05, 0) is 49.7 Å². The van der Waals surface area contributed by atoms with E-state index in [0.717, 1.165) is 25.9 Å². The second-order valence-electron chi connectivity index (χ2n) is 6.85. The summed E-state index contributed by atoms with van der Waals surface area (Å²) in [5.41, 5.74) is 6.93. The maximum Gasteiger partial charge on any atom is 0.0528 e. The van der Waals surface area contributed by atoms with E-state index in [1.54, 1.807) is 0 Å². The van der Waals surface area contributed by atoms with Crippen LogP contribution in [0.15, 0.2) is 48.5 Å². The Morgan fingerprint density at radius 1 is 0.958 bits per heavy atom. The smallest absolute Gasteiger partial charge is 0.0528 e. The van der Waals surface area contributed by atoms with Crippen LogP contribution in [0.3, 0.4) is 0 Å². The van der Waals surface area contributed by atoms with Crippen LogP contribution in [0, 0.1) is 6.92 Å². The van der Waals surface area contributed by atoms with Crippen molar-refractivity contribution in [3.63, 3.8) is 0 Å². The van der Waals surface area contributed by atoms with Gasteiger partial charge >= 0.3 is 0 Å². The number of aryl methyl sites for hydroxylation is 1. The van der Waals surface area contributed by atoms with Crippen LogP contribution in [0.1, 0.15) is 22.4 Å². The summed E-state index contributed by atoms with van der Waals surface area (Å²) in [7, 11) is 2.23. The van der Waals surface area contributed by atoms with Crippen LogP contribution in [-0.4, -0.2) is 29.6 Å². The summed E-state index contributed by atoms with van der Waals surface area (Å²) in [6.45, 7) is 4.45. The number of hydrogen-bond donors (Lipinski definition) is 0. The standard InChI is InChI=1S/C22H24N2/c1-17-8-9-21-20(16-17)19-11-13-23(2)14-12-22(19)24(21)15-10-18-6-4-3-5-7-18/h3-10,15-16H,11-14H2,1-2H3. The number of hydrogen-bond acceptors (Lipinski definition) is 1. The summed E-state index contributed by atoms with van der Waals surface area (Å²) >= 11 is 0. The van der Waals surface area contributed by atoms with E-state index in [4.69, 9.17) is 0 Å². The summed E-state index contributed by atoms with van der Waals surface area (Å²) in [5.74, 6) is 0. The highest BCUT2D eigenvalue weighted by Gasteiger charge is 2.19. The maximum atomic E-state index is 2.44. The fraction of sp³-hybridized carbons (Fsp3) is 0.273. The van der Waals surface area contributed by atoms with Gasteiger partial charge in [0.05, 0.1) is 5.52 Å². The van der Waals surface area contributed by atoms with E-state index in [9.17, 15) is 0 Å². The fourth-order valence-corrected chi connectivity index (χ4v) is 3.70. The van der Waals surface area contributed by atoms with Crippen LogP contribution in [0.5, 0.6) is 0 Å². The zero-order valence-electron chi connectivity index (χ0n) is 14.5. The maximum absolute atomic E-state index is 2.44. The van der Waals surface area contributed by atoms with Crippen molar-refractivity contribution in [3.05, 3.63) is 70.9 Å². The van der Waals surface area contributed by atoms with E-state index in [1.807, 2.05) is 0 Å². The van der Waals surface area contributed by atoms with Gasteiger partial charge in [-0.2, -0.15) is 0 Å². The molecule has 0 bridgehead atoms. The van der Waals surface area contributed by atoms with Gasteiger partial charge in [-0.25, -0.2) is 0 Å². The van der Waals surface area contributed by atoms with Crippen LogP contribution in [0.4, 0.5) is 0 Å². The molecule has 1 aliphatic heterocycles. The topological polar surface area (TPSA) is 8.17 Å². The van der Waals surface area contributed by atoms with E-state index in [0.29, 0.717) is 0 Å². The van der Waals surface area contributed by atoms with Crippen molar-refractivity contribution in [1.29, 1.82) is 0 Å². The van der Waals surface area contributed by atoms with E-state index in [2.05, 4.69) is 84.2 Å². The van der Waals surface area contributed by atoms with Crippen molar-refractivity contribution in [2.24, 2.45) is 0 Å². The van der Waals surface area contributed by atoms with Gasteiger partial charge in [0.25, 0.3) is 0 Å². The minimum absolute atomic E-state index is 1.11. The Bertz CT molecular complexity index is 887. The lowest BCUT2D eigenvalue weighted by Crippen LogP contribution is -2.21. The first-order valence-electron chi connectivity index (χ1n) is 8.76. The molecule has 2 aromatic carbocycles. The Balaban J connectivity index is 1.86. The van der Waals surface area contributed by atoms with E-state index >= 15 is 0 Å². The molecule has 0 unspecified atom stereocenters. The summed E-state index contributed by atoms with van der Waals surface area (Å²) in [6, 6.07) is 17.4. The predicted octanol–water partition coefficient (Wildman–Crippen LogP) is 4.61. The van der Waals surface area contributed by atoms with Crippen molar-refractivity contribution >= 4 is 23.2 Å². The SMILES string of the molecule is Cc1ccc2c(c1)c1c(n2C=Cc2ccccc2)CCN(C)CC1. The van der Waals surface area contributed by atoms with Crippen molar-refractivity contribution in [2.45, 2.75) is 19.8 Å². The molecule has 3 aromatic rings. The Morgan fingerprint density at radius 3 is 2.58 bits per heavy atom. The number of nitrogens with zero attached hydrogens (tertiary/aromatic N) is 2. The van der Waals surface area contributed by atoms with Crippen molar-refractivity contribution in [3.8, 4) is 0 Å². The van der Waals surface area contributed by atoms with Gasteiger partial charge in [-0.1, -0.05) is 42.0 Å². The number of rotatable bonds is 2. The molecule has 4 rings (SSSR count). The zero-order valence-corrected chi connectivity index (χ0v) is 14.5. The third kappa shape index (κ3) is 2.78. The van der Waals surface area contributed by atoms with Crippen LogP contribution in [0.25, 0.3) is 23.2 Å². The molecular formula is C22H24N2. The van der Waals surface area contributed by atoms with Crippen LogP contribution in [0.2, 0.25) is 0 Å². The van der Waals surface area contributed by atoms with E-state index in [1.165, 1.54) is 33.3 Å². The van der Waals surface area contributed by atoms with Gasteiger partial charge in [-0.15, -0.1) is 0 Å². The average Bonchev–Trinajstić information content (AvgIpc) is 2.74. The Kier molecular flexibility index (Phi) is 3.99. The molecule has 122 valence electrons. The van der Waals surface area contributed by atoms with Crippen LogP contribution < -0.4 is 0 Å². The Hall–Kier alpha value is -2.32. The lowest BCUT2D eigenvalue weighted by molar-refractivity contribution is 0.351. The molecule has 0 N–H and O–H groups in total. The van der Waals surface area contributed by atoms with Gasteiger partial charge in [0.2, 0.25) is 0 Å².